The molecule has 3 rings (SSSR count). The molecule has 3 fully saturated rings. The van der Waals surface area contributed by atoms with E-state index >= 15 is 0 Å². The van der Waals surface area contributed by atoms with Gasteiger partial charge in [-0.25, -0.2) is 0 Å². The van der Waals surface area contributed by atoms with Crippen molar-refractivity contribution in [1.29, 1.82) is 0 Å². The summed E-state index contributed by atoms with van der Waals surface area (Å²) in [4.78, 5) is 0. The van der Waals surface area contributed by atoms with Gasteiger partial charge in [-0.15, -0.1) is 0 Å². The summed E-state index contributed by atoms with van der Waals surface area (Å²) < 4.78 is 21.4. The third-order valence-electron chi connectivity index (χ3n) is 6.33. The normalized spacial score (nSPS) is 54.7. The van der Waals surface area contributed by atoms with Gasteiger partial charge >= 0.3 is 0 Å². The lowest BCUT2D eigenvalue weighted by Gasteiger charge is -2.48. The molecule has 0 aromatic heterocycles. The monoisotopic (exact) mass is 504 g/mol. The Kier molecular flexibility index (Phi) is 9.18. The van der Waals surface area contributed by atoms with E-state index in [1.165, 1.54) is 0 Å². The van der Waals surface area contributed by atoms with Crippen LogP contribution in [0.3, 0.4) is 0 Å². The van der Waals surface area contributed by atoms with Crippen LogP contribution in [0.2, 0.25) is 0 Å². The molecule has 3 aliphatic rings. The van der Waals surface area contributed by atoms with E-state index in [0.717, 1.165) is 0 Å². The molecular formula is C18H32O16. The lowest BCUT2D eigenvalue weighted by atomic mass is 9.84. The Hall–Kier alpha value is -0.640. The molecular weight excluding hydrogens is 472 g/mol. The molecule has 2 aliphatic heterocycles. The van der Waals surface area contributed by atoms with Crippen LogP contribution in [0.4, 0.5) is 0 Å². The van der Waals surface area contributed by atoms with Crippen molar-refractivity contribution < 1.29 is 80.2 Å². The molecule has 0 unspecified atom stereocenters. The van der Waals surface area contributed by atoms with Crippen LogP contribution in [0.25, 0.3) is 0 Å². The second kappa shape index (κ2) is 11.2. The number of hydrogen-bond acceptors (Lipinski definition) is 16. The molecule has 0 aromatic rings. The van der Waals surface area contributed by atoms with Crippen LogP contribution >= 0.6 is 0 Å². The first kappa shape index (κ1) is 27.9. The fourth-order valence-corrected chi connectivity index (χ4v) is 4.16. The van der Waals surface area contributed by atoms with E-state index in [9.17, 15) is 61.3 Å². The van der Waals surface area contributed by atoms with Gasteiger partial charge < -0.3 is 80.2 Å². The number of hydrogen-bond donors (Lipinski definition) is 12. The fourth-order valence-electron chi connectivity index (χ4n) is 4.16. The third-order valence-corrected chi connectivity index (χ3v) is 6.33. The second-order valence-electron chi connectivity index (χ2n) is 8.56. The molecule has 0 aromatic carbocycles. The topological polar surface area (TPSA) is 280 Å². The Morgan fingerprint density at radius 2 is 0.765 bits per heavy atom. The van der Waals surface area contributed by atoms with Gasteiger partial charge in [0, 0.05) is 0 Å². The molecule has 1 saturated carbocycles. The second-order valence-corrected chi connectivity index (χ2v) is 8.56. The molecule has 16 heteroatoms. The maximum absolute atomic E-state index is 10.6. The van der Waals surface area contributed by atoms with Crippen molar-refractivity contribution in [2.75, 3.05) is 13.2 Å². The van der Waals surface area contributed by atoms with Gasteiger partial charge in [-0.1, -0.05) is 0 Å². The van der Waals surface area contributed by atoms with E-state index in [0.29, 0.717) is 0 Å². The van der Waals surface area contributed by atoms with Crippen molar-refractivity contribution in [3.8, 4) is 0 Å². The first-order valence-corrected chi connectivity index (χ1v) is 10.6. The molecule has 0 spiro atoms. The molecule has 16 nitrogen and oxygen atoms in total. The van der Waals surface area contributed by atoms with Gasteiger partial charge in [0.25, 0.3) is 0 Å². The first-order valence-electron chi connectivity index (χ1n) is 10.6. The van der Waals surface area contributed by atoms with E-state index in [1.54, 1.807) is 0 Å². The lowest BCUT2D eigenvalue weighted by molar-refractivity contribution is -0.381. The summed E-state index contributed by atoms with van der Waals surface area (Å²) in [5.74, 6) is 0. The standard InChI is InChI=1S/C18H32O16/c19-1-3-5(21)7(23)14(30)17(31-3)34-16-11(27)6(22)4(2-20)32-18(16)33-15-12(28)9(25)8(24)10(26)13(15)29/h3-30H,1-2H2/t3-,4-,5+,6+,7+,8-,9-,10-,11+,12+,13+,14-,15-,16-,17-,18-/m1/s1/i30+0. The van der Waals surface area contributed by atoms with Gasteiger partial charge in [0.05, 0.1) is 13.2 Å². The SMILES string of the molecule is OC[C@H]1O[C@H](O[C@@H]2[C@@H](O)[C@@H](O)[C@@H](CO)O[C@@H]2O[C@H]2[C@@H](O)[C@H](O)[C@H](O)[C@@H](O)[C@@H]2O)[C@H]([16OH])[C@@H](O)[C@H]1O. The van der Waals surface area contributed by atoms with Gasteiger partial charge in [0.2, 0.25) is 0 Å². The van der Waals surface area contributed by atoms with Crippen molar-refractivity contribution in [3.63, 3.8) is 0 Å². The molecule has 1 aliphatic carbocycles. The van der Waals surface area contributed by atoms with Crippen LogP contribution in [0.1, 0.15) is 0 Å². The van der Waals surface area contributed by atoms with E-state index in [4.69, 9.17) is 18.9 Å². The molecule has 2 heterocycles. The zero-order chi connectivity index (χ0) is 25.5. The summed E-state index contributed by atoms with van der Waals surface area (Å²) in [6, 6.07) is 0. The van der Waals surface area contributed by atoms with Gasteiger partial charge in [-0.05, 0) is 0 Å². The summed E-state index contributed by atoms with van der Waals surface area (Å²) in [5, 5.41) is 120. The number of ether oxygens (including phenoxy) is 4. The van der Waals surface area contributed by atoms with Crippen LogP contribution < -0.4 is 0 Å². The van der Waals surface area contributed by atoms with E-state index in [2.05, 4.69) is 0 Å². The highest BCUT2D eigenvalue weighted by molar-refractivity contribution is 5.01. The van der Waals surface area contributed by atoms with Crippen molar-refractivity contribution >= 4 is 0 Å². The average Bonchev–Trinajstić information content (AvgIpc) is 2.83. The van der Waals surface area contributed by atoms with Crippen molar-refractivity contribution in [2.45, 2.75) is 98.0 Å². The smallest absolute Gasteiger partial charge is 0.187 e. The minimum absolute atomic E-state index is 0.789. The highest BCUT2D eigenvalue weighted by Crippen LogP contribution is 2.32. The van der Waals surface area contributed by atoms with Crippen LogP contribution in [0, 0.1) is 0 Å². The summed E-state index contributed by atoms with van der Waals surface area (Å²) in [7, 11) is 0. The molecule has 0 radical (unpaired) electrons. The minimum atomic E-state index is -1.97. The number of aliphatic hydroxyl groups excluding tert-OH is 12. The Morgan fingerprint density at radius 3 is 1.26 bits per heavy atom. The molecule has 0 bridgehead atoms. The van der Waals surface area contributed by atoms with Crippen LogP contribution in [0.5, 0.6) is 0 Å². The Labute approximate surface area is 192 Å². The van der Waals surface area contributed by atoms with Gasteiger partial charge in [-0.3, -0.25) is 0 Å². The first-order chi connectivity index (χ1) is 15.9. The zero-order valence-corrected chi connectivity index (χ0v) is 17.7. The van der Waals surface area contributed by atoms with Crippen molar-refractivity contribution in [2.24, 2.45) is 0 Å². The van der Waals surface area contributed by atoms with E-state index < -0.39 is 111 Å². The number of aliphatic hydroxyl groups is 12. The molecule has 200 valence electrons. The van der Waals surface area contributed by atoms with Crippen LogP contribution in [-0.4, -0.2) is 173 Å². The summed E-state index contributed by atoms with van der Waals surface area (Å²) >= 11 is 0. The number of rotatable bonds is 6. The molecule has 2 saturated heterocycles. The van der Waals surface area contributed by atoms with Crippen molar-refractivity contribution in [3.05, 3.63) is 0 Å². The zero-order valence-electron chi connectivity index (χ0n) is 17.7. The summed E-state index contributed by atoms with van der Waals surface area (Å²) in [6.45, 7) is -1.62. The summed E-state index contributed by atoms with van der Waals surface area (Å²) in [5.41, 5.74) is 0. The minimum Gasteiger partial charge on any atom is -0.394 e. The Balaban J connectivity index is 1.84. The quantitative estimate of drug-likeness (QED) is 0.160. The fraction of sp³-hybridized carbons (Fsp3) is 1.00. The van der Waals surface area contributed by atoms with Gasteiger partial charge in [-0.2, -0.15) is 0 Å². The van der Waals surface area contributed by atoms with Crippen LogP contribution in [-0.2, 0) is 18.9 Å². The van der Waals surface area contributed by atoms with Gasteiger partial charge in [0.1, 0.15) is 85.5 Å². The van der Waals surface area contributed by atoms with E-state index in [-0.39, 0.29) is 0 Å². The average molecular weight is 504 g/mol. The predicted octanol–water partition coefficient (Wildman–Crippen LogP) is -8.19. The predicted molar refractivity (Wildman–Crippen MR) is 101 cm³/mol. The highest BCUT2D eigenvalue weighted by Gasteiger charge is 2.54. The largest absolute Gasteiger partial charge is 0.394 e. The van der Waals surface area contributed by atoms with Crippen molar-refractivity contribution in [1.82, 2.24) is 0 Å². The maximum atomic E-state index is 10.6. The third kappa shape index (κ3) is 5.09. The maximum Gasteiger partial charge on any atom is 0.187 e. The molecule has 0 amide bonds. The van der Waals surface area contributed by atoms with E-state index in [1.807, 2.05) is 0 Å². The molecule has 34 heavy (non-hydrogen) atoms. The summed E-state index contributed by atoms with van der Waals surface area (Å²) in [6.07, 6.45) is -29.1. The highest BCUT2D eigenvalue weighted by atomic mass is 16.8. The molecule has 12 N–H and O–H groups in total. The molecule has 14 atom stereocenters. The lowest BCUT2D eigenvalue weighted by Crippen LogP contribution is -2.68. The Bertz CT molecular complexity index is 637. The van der Waals surface area contributed by atoms with Crippen LogP contribution in [0.15, 0.2) is 0 Å². The van der Waals surface area contributed by atoms with Gasteiger partial charge in [0.15, 0.2) is 12.6 Å². The Morgan fingerprint density at radius 1 is 0.412 bits per heavy atom.